The van der Waals surface area contributed by atoms with Gasteiger partial charge in [-0.25, -0.2) is 0 Å². The molecule has 94 valence electrons. The highest BCUT2D eigenvalue weighted by Crippen LogP contribution is 2.33. The minimum absolute atomic E-state index is 0.0296. The summed E-state index contributed by atoms with van der Waals surface area (Å²) in [6.45, 7) is 1.60. The fraction of sp³-hybridized carbons (Fsp3) is 0.0833. The third-order valence-electron chi connectivity index (χ3n) is 2.40. The number of aryl methyl sites for hydroxylation is 1. The molecule has 0 aliphatic heterocycles. The van der Waals surface area contributed by atoms with Crippen LogP contribution in [0.2, 0.25) is 0 Å². The Morgan fingerprint density at radius 2 is 2.21 bits per heavy atom. The fourth-order valence-electron chi connectivity index (χ4n) is 1.53. The summed E-state index contributed by atoms with van der Waals surface area (Å²) in [4.78, 5) is 10.5. The van der Waals surface area contributed by atoms with Crippen LogP contribution in [0.5, 0.6) is 11.6 Å². The van der Waals surface area contributed by atoms with Crippen LogP contribution in [0.15, 0.2) is 30.5 Å². The number of nitrogens with zero attached hydrogens (tertiary/aromatic N) is 4. The van der Waals surface area contributed by atoms with Gasteiger partial charge in [-0.2, -0.15) is 10.4 Å². The van der Waals surface area contributed by atoms with Gasteiger partial charge in [0.05, 0.1) is 11.1 Å². The molecule has 0 spiro atoms. The molecule has 1 heterocycles. The van der Waals surface area contributed by atoms with Crippen LogP contribution < -0.4 is 4.74 Å². The Balaban J connectivity index is 2.48. The lowest BCUT2D eigenvalue weighted by Crippen LogP contribution is -1.99. The quantitative estimate of drug-likeness (QED) is 0.617. The van der Waals surface area contributed by atoms with Gasteiger partial charge in [0, 0.05) is 5.56 Å². The van der Waals surface area contributed by atoms with Crippen molar-refractivity contribution < 1.29 is 9.66 Å². The second-order valence-corrected chi connectivity index (χ2v) is 3.64. The molecular weight excluding hydrogens is 248 g/mol. The van der Waals surface area contributed by atoms with Crippen LogP contribution in [0, 0.1) is 28.4 Å². The van der Waals surface area contributed by atoms with E-state index in [-0.39, 0.29) is 22.9 Å². The maximum absolute atomic E-state index is 11.0. The molecule has 0 aliphatic carbocycles. The SMILES string of the molecule is Cc1cccc(Oc2nnccc2C#N)c1[N+](=O)[O-]. The molecule has 0 saturated heterocycles. The summed E-state index contributed by atoms with van der Waals surface area (Å²) < 4.78 is 5.34. The van der Waals surface area contributed by atoms with E-state index in [1.165, 1.54) is 18.3 Å². The molecule has 0 amide bonds. The van der Waals surface area contributed by atoms with E-state index >= 15 is 0 Å². The molecule has 0 radical (unpaired) electrons. The van der Waals surface area contributed by atoms with Crippen molar-refractivity contribution in [2.75, 3.05) is 0 Å². The van der Waals surface area contributed by atoms with Crippen LogP contribution in [0.1, 0.15) is 11.1 Å². The number of aromatic nitrogens is 2. The van der Waals surface area contributed by atoms with Crippen molar-refractivity contribution in [2.24, 2.45) is 0 Å². The zero-order valence-electron chi connectivity index (χ0n) is 9.90. The molecule has 0 aliphatic rings. The molecule has 2 aromatic rings. The van der Waals surface area contributed by atoms with Crippen LogP contribution >= 0.6 is 0 Å². The third kappa shape index (κ3) is 2.47. The van der Waals surface area contributed by atoms with Crippen LogP contribution in [0.4, 0.5) is 5.69 Å². The highest BCUT2D eigenvalue weighted by atomic mass is 16.6. The van der Waals surface area contributed by atoms with Gasteiger partial charge in [-0.3, -0.25) is 10.1 Å². The number of nitro groups is 1. The van der Waals surface area contributed by atoms with Gasteiger partial charge in [0.15, 0.2) is 0 Å². The molecule has 0 unspecified atom stereocenters. The Hall–Kier alpha value is -3.01. The molecule has 19 heavy (non-hydrogen) atoms. The van der Waals surface area contributed by atoms with Gasteiger partial charge in [0.25, 0.3) is 5.88 Å². The van der Waals surface area contributed by atoms with E-state index in [2.05, 4.69) is 10.2 Å². The van der Waals surface area contributed by atoms with E-state index in [9.17, 15) is 10.1 Å². The van der Waals surface area contributed by atoms with Crippen LogP contribution in [-0.4, -0.2) is 15.1 Å². The van der Waals surface area contributed by atoms with Crippen molar-refractivity contribution in [1.29, 1.82) is 5.26 Å². The maximum Gasteiger partial charge on any atom is 0.314 e. The third-order valence-corrected chi connectivity index (χ3v) is 2.40. The summed E-state index contributed by atoms with van der Waals surface area (Å²) in [5, 5.41) is 27.2. The molecule has 1 aromatic heterocycles. The lowest BCUT2D eigenvalue weighted by Gasteiger charge is -2.06. The Kier molecular flexibility index (Phi) is 3.34. The van der Waals surface area contributed by atoms with Crippen molar-refractivity contribution in [3.63, 3.8) is 0 Å². The predicted octanol–water partition coefficient (Wildman–Crippen LogP) is 2.36. The lowest BCUT2D eigenvalue weighted by molar-refractivity contribution is -0.386. The molecule has 2 rings (SSSR count). The zero-order valence-corrected chi connectivity index (χ0v) is 9.90. The average molecular weight is 256 g/mol. The van der Waals surface area contributed by atoms with E-state index in [1.54, 1.807) is 19.1 Å². The van der Waals surface area contributed by atoms with Gasteiger partial charge in [-0.05, 0) is 19.1 Å². The van der Waals surface area contributed by atoms with Crippen molar-refractivity contribution in [3.8, 4) is 17.7 Å². The van der Waals surface area contributed by atoms with Gasteiger partial charge < -0.3 is 4.74 Å². The van der Waals surface area contributed by atoms with Crippen molar-refractivity contribution >= 4 is 5.69 Å². The minimum Gasteiger partial charge on any atom is -0.429 e. The first-order chi connectivity index (χ1) is 9.13. The zero-order chi connectivity index (χ0) is 13.8. The van der Waals surface area contributed by atoms with Crippen LogP contribution in [0.3, 0.4) is 0 Å². The topological polar surface area (TPSA) is 102 Å². The molecule has 0 bridgehead atoms. The number of benzene rings is 1. The monoisotopic (exact) mass is 256 g/mol. The molecule has 7 nitrogen and oxygen atoms in total. The fourth-order valence-corrected chi connectivity index (χ4v) is 1.53. The number of para-hydroxylation sites is 1. The summed E-state index contributed by atoms with van der Waals surface area (Å²) in [6.07, 6.45) is 1.34. The Labute approximate surface area is 108 Å². The van der Waals surface area contributed by atoms with E-state index in [1.807, 2.05) is 6.07 Å². The summed E-state index contributed by atoms with van der Waals surface area (Å²) in [5.41, 5.74) is 0.466. The number of nitro benzene ring substituents is 1. The molecular formula is C12H8N4O3. The van der Waals surface area contributed by atoms with E-state index in [4.69, 9.17) is 10.00 Å². The highest BCUT2D eigenvalue weighted by molar-refractivity contribution is 5.54. The number of rotatable bonds is 3. The Morgan fingerprint density at radius 1 is 1.42 bits per heavy atom. The molecule has 0 fully saturated rings. The van der Waals surface area contributed by atoms with Gasteiger partial charge in [-0.1, -0.05) is 12.1 Å². The number of ether oxygens (including phenoxy) is 1. The predicted molar refractivity (Wildman–Crippen MR) is 64.7 cm³/mol. The standard InChI is InChI=1S/C12H8N4O3/c1-8-3-2-4-10(11(8)16(17)18)19-12-9(7-13)5-6-14-15-12/h2-6H,1H3. The molecule has 0 N–H and O–H groups in total. The van der Waals surface area contributed by atoms with Crippen molar-refractivity contribution in [3.05, 3.63) is 51.7 Å². The summed E-state index contributed by atoms with van der Waals surface area (Å²) >= 11 is 0. The number of hydrogen-bond acceptors (Lipinski definition) is 6. The van der Waals surface area contributed by atoms with Gasteiger partial charge in [-0.15, -0.1) is 5.10 Å². The second-order valence-electron chi connectivity index (χ2n) is 3.64. The van der Waals surface area contributed by atoms with Crippen LogP contribution in [0.25, 0.3) is 0 Å². The van der Waals surface area contributed by atoms with E-state index in [0.717, 1.165) is 0 Å². The first-order valence-electron chi connectivity index (χ1n) is 5.27. The van der Waals surface area contributed by atoms with Crippen LogP contribution in [-0.2, 0) is 0 Å². The summed E-state index contributed by atoms with van der Waals surface area (Å²) in [7, 11) is 0. The average Bonchev–Trinajstić information content (AvgIpc) is 2.39. The summed E-state index contributed by atoms with van der Waals surface area (Å²) in [6, 6.07) is 7.98. The molecule has 1 aromatic carbocycles. The van der Waals surface area contributed by atoms with E-state index < -0.39 is 4.92 Å². The lowest BCUT2D eigenvalue weighted by atomic mass is 10.2. The van der Waals surface area contributed by atoms with E-state index in [0.29, 0.717) is 5.56 Å². The molecule has 0 saturated carbocycles. The first kappa shape index (κ1) is 12.4. The highest BCUT2D eigenvalue weighted by Gasteiger charge is 2.20. The number of nitriles is 1. The minimum atomic E-state index is -0.535. The first-order valence-corrected chi connectivity index (χ1v) is 5.27. The molecule has 0 atom stereocenters. The summed E-state index contributed by atoms with van der Waals surface area (Å²) in [5.74, 6) is -0.0271. The van der Waals surface area contributed by atoms with Gasteiger partial charge in [0.2, 0.25) is 5.75 Å². The Morgan fingerprint density at radius 3 is 2.89 bits per heavy atom. The second kappa shape index (κ2) is 5.10. The van der Waals surface area contributed by atoms with Crippen molar-refractivity contribution in [2.45, 2.75) is 6.92 Å². The van der Waals surface area contributed by atoms with Crippen molar-refractivity contribution in [1.82, 2.24) is 10.2 Å². The normalized spacial score (nSPS) is 9.68. The number of hydrogen-bond donors (Lipinski definition) is 0. The Bertz CT molecular complexity index is 679. The smallest absolute Gasteiger partial charge is 0.314 e. The largest absolute Gasteiger partial charge is 0.429 e. The van der Waals surface area contributed by atoms with Gasteiger partial charge >= 0.3 is 5.69 Å². The maximum atomic E-state index is 11.0. The molecule has 7 heteroatoms. The van der Waals surface area contributed by atoms with Gasteiger partial charge in [0.1, 0.15) is 11.6 Å².